The fourth-order valence-electron chi connectivity index (χ4n) is 1.80. The van der Waals surface area contributed by atoms with Crippen LogP contribution in [0.3, 0.4) is 0 Å². The third kappa shape index (κ3) is 4.40. The summed E-state index contributed by atoms with van der Waals surface area (Å²) in [7, 11) is -3.85. The first-order chi connectivity index (χ1) is 10.8. The van der Waals surface area contributed by atoms with Gasteiger partial charge < -0.3 is 5.11 Å². The maximum Gasteiger partial charge on any atom is 0.328 e. The summed E-state index contributed by atoms with van der Waals surface area (Å²) in [5.74, 6) is -1.59. The quantitative estimate of drug-likeness (QED) is 0.823. The van der Waals surface area contributed by atoms with Crippen LogP contribution in [0.15, 0.2) is 53.4 Å². The molecule has 0 amide bonds. The molecule has 0 aromatic heterocycles. The Morgan fingerprint density at radius 1 is 1.17 bits per heavy atom. The number of rotatable bonds is 5. The summed E-state index contributed by atoms with van der Waals surface area (Å²) in [5.41, 5.74) is 1.10. The Kier molecular flexibility index (Phi) is 4.80. The van der Waals surface area contributed by atoms with Crippen LogP contribution in [-0.4, -0.2) is 19.5 Å². The van der Waals surface area contributed by atoms with Crippen molar-refractivity contribution < 1.29 is 22.7 Å². The van der Waals surface area contributed by atoms with E-state index in [9.17, 15) is 17.6 Å². The van der Waals surface area contributed by atoms with E-state index in [1.807, 2.05) is 0 Å². The largest absolute Gasteiger partial charge is 0.478 e. The van der Waals surface area contributed by atoms with Gasteiger partial charge in [-0.3, -0.25) is 4.72 Å². The Labute approximate surface area is 133 Å². The Morgan fingerprint density at radius 3 is 2.39 bits per heavy atom. The number of aryl methyl sites for hydroxylation is 1. The highest BCUT2D eigenvalue weighted by molar-refractivity contribution is 7.92. The molecule has 0 saturated carbocycles. The molecule has 2 aromatic carbocycles. The van der Waals surface area contributed by atoms with E-state index >= 15 is 0 Å². The number of carboxylic acid groups (broad SMARTS) is 1. The third-order valence-electron chi connectivity index (χ3n) is 3.03. The minimum Gasteiger partial charge on any atom is -0.478 e. The number of sulfonamides is 1. The molecule has 2 N–H and O–H groups in total. The van der Waals surface area contributed by atoms with Gasteiger partial charge in [0.2, 0.25) is 0 Å². The first-order valence-corrected chi connectivity index (χ1v) is 8.06. The summed E-state index contributed by atoms with van der Waals surface area (Å²) in [6.45, 7) is 1.58. The van der Waals surface area contributed by atoms with Crippen LogP contribution < -0.4 is 4.72 Å². The van der Waals surface area contributed by atoms with Crippen molar-refractivity contribution >= 4 is 27.8 Å². The van der Waals surface area contributed by atoms with Crippen LogP contribution in [0.2, 0.25) is 0 Å². The van der Waals surface area contributed by atoms with Crippen LogP contribution in [0, 0.1) is 12.7 Å². The molecule has 0 radical (unpaired) electrons. The van der Waals surface area contributed by atoms with E-state index in [4.69, 9.17) is 5.11 Å². The summed E-state index contributed by atoms with van der Waals surface area (Å²) in [4.78, 5) is 10.4. The monoisotopic (exact) mass is 335 g/mol. The van der Waals surface area contributed by atoms with Gasteiger partial charge in [-0.05, 0) is 48.4 Å². The molecule has 7 heteroatoms. The molecule has 0 aliphatic heterocycles. The maximum absolute atomic E-state index is 13.5. The smallest absolute Gasteiger partial charge is 0.328 e. The van der Waals surface area contributed by atoms with Crippen LogP contribution in [-0.2, 0) is 14.8 Å². The zero-order valence-corrected chi connectivity index (χ0v) is 13.0. The topological polar surface area (TPSA) is 83.5 Å². The molecule has 0 bridgehead atoms. The van der Waals surface area contributed by atoms with Crippen molar-refractivity contribution in [3.05, 3.63) is 65.5 Å². The summed E-state index contributed by atoms with van der Waals surface area (Å²) in [5, 5.41) is 8.54. The number of nitrogens with one attached hydrogen (secondary N) is 1. The molecule has 2 aromatic rings. The average molecular weight is 335 g/mol. The SMILES string of the molecule is Cc1ccc(NS(=O)(=O)c2ccc(/C=C/C(=O)O)cc2)cc1F. The molecule has 0 aliphatic carbocycles. The van der Waals surface area contributed by atoms with Gasteiger partial charge >= 0.3 is 5.97 Å². The van der Waals surface area contributed by atoms with Crippen molar-refractivity contribution in [2.75, 3.05) is 4.72 Å². The fraction of sp³-hybridized carbons (Fsp3) is 0.0625. The Morgan fingerprint density at radius 2 is 1.83 bits per heavy atom. The highest BCUT2D eigenvalue weighted by Gasteiger charge is 2.14. The molecule has 5 nitrogen and oxygen atoms in total. The van der Waals surface area contributed by atoms with E-state index in [0.717, 1.165) is 12.1 Å². The van der Waals surface area contributed by atoms with Crippen LogP contribution in [0.5, 0.6) is 0 Å². The number of carboxylic acids is 1. The minimum atomic E-state index is -3.85. The van der Waals surface area contributed by atoms with Crippen molar-refractivity contribution in [3.8, 4) is 0 Å². The Balaban J connectivity index is 2.22. The molecule has 0 atom stereocenters. The molecule has 0 fully saturated rings. The Hall–Kier alpha value is -2.67. The van der Waals surface area contributed by atoms with E-state index < -0.39 is 21.8 Å². The van der Waals surface area contributed by atoms with Crippen molar-refractivity contribution in [1.82, 2.24) is 0 Å². The van der Waals surface area contributed by atoms with Crippen molar-refractivity contribution in [3.63, 3.8) is 0 Å². The molecular weight excluding hydrogens is 321 g/mol. The van der Waals surface area contributed by atoms with Crippen molar-refractivity contribution in [1.29, 1.82) is 0 Å². The number of carbonyl (C=O) groups is 1. The minimum absolute atomic E-state index is 0.00837. The van der Waals surface area contributed by atoms with E-state index in [-0.39, 0.29) is 10.6 Å². The number of hydrogen-bond acceptors (Lipinski definition) is 3. The van der Waals surface area contributed by atoms with Gasteiger partial charge in [-0.25, -0.2) is 17.6 Å². The van der Waals surface area contributed by atoms with Crippen molar-refractivity contribution in [2.45, 2.75) is 11.8 Å². The molecule has 0 aliphatic rings. The first kappa shape index (κ1) is 16.7. The molecule has 120 valence electrons. The predicted molar refractivity (Wildman–Crippen MR) is 85.1 cm³/mol. The highest BCUT2D eigenvalue weighted by Crippen LogP contribution is 2.19. The lowest BCUT2D eigenvalue weighted by atomic mass is 10.2. The normalized spacial score (nSPS) is 11.6. The average Bonchev–Trinajstić information content (AvgIpc) is 2.49. The number of halogens is 1. The number of benzene rings is 2. The van der Waals surface area contributed by atoms with Gasteiger partial charge in [0.1, 0.15) is 5.82 Å². The molecule has 0 spiro atoms. The molecule has 23 heavy (non-hydrogen) atoms. The standard InChI is InChI=1S/C16H14FNO4S/c1-11-2-6-13(10-15(11)17)18-23(21,22)14-7-3-12(4-8-14)5-9-16(19)20/h2-10,18H,1H3,(H,19,20)/b9-5+. The lowest BCUT2D eigenvalue weighted by molar-refractivity contribution is -0.131. The van der Waals surface area contributed by atoms with Gasteiger partial charge in [0.25, 0.3) is 10.0 Å². The molecular formula is C16H14FNO4S. The summed E-state index contributed by atoms with van der Waals surface area (Å²) < 4.78 is 40.2. The second-order valence-corrected chi connectivity index (χ2v) is 6.49. The van der Waals surface area contributed by atoms with Crippen LogP contribution in [0.4, 0.5) is 10.1 Å². The van der Waals surface area contributed by atoms with Crippen LogP contribution in [0.1, 0.15) is 11.1 Å². The van der Waals surface area contributed by atoms with Gasteiger partial charge in [-0.2, -0.15) is 0 Å². The summed E-state index contributed by atoms with van der Waals surface area (Å²) >= 11 is 0. The molecule has 0 saturated heterocycles. The van der Waals surface area contributed by atoms with E-state index in [2.05, 4.69) is 4.72 Å². The maximum atomic E-state index is 13.5. The van der Waals surface area contributed by atoms with Crippen LogP contribution in [0.25, 0.3) is 6.08 Å². The van der Waals surface area contributed by atoms with E-state index in [1.54, 1.807) is 6.92 Å². The second kappa shape index (κ2) is 6.62. The van der Waals surface area contributed by atoms with Crippen LogP contribution >= 0.6 is 0 Å². The first-order valence-electron chi connectivity index (χ1n) is 6.58. The number of hydrogen-bond donors (Lipinski definition) is 2. The zero-order chi connectivity index (χ0) is 17.0. The van der Waals surface area contributed by atoms with Gasteiger partial charge in [0.05, 0.1) is 10.6 Å². The van der Waals surface area contributed by atoms with Crippen molar-refractivity contribution in [2.24, 2.45) is 0 Å². The summed E-state index contributed by atoms with van der Waals surface area (Å²) in [6.07, 6.45) is 2.30. The van der Waals surface area contributed by atoms with E-state index in [0.29, 0.717) is 11.1 Å². The molecule has 2 rings (SSSR count). The summed E-state index contributed by atoms with van der Waals surface area (Å²) in [6, 6.07) is 9.69. The second-order valence-electron chi connectivity index (χ2n) is 4.81. The van der Waals surface area contributed by atoms with Gasteiger partial charge in [-0.15, -0.1) is 0 Å². The fourth-order valence-corrected chi connectivity index (χ4v) is 2.85. The van der Waals surface area contributed by atoms with E-state index in [1.165, 1.54) is 42.5 Å². The third-order valence-corrected chi connectivity index (χ3v) is 4.43. The van der Waals surface area contributed by atoms with Gasteiger partial charge in [0, 0.05) is 6.08 Å². The van der Waals surface area contributed by atoms with Gasteiger partial charge in [-0.1, -0.05) is 18.2 Å². The van der Waals surface area contributed by atoms with Gasteiger partial charge in [0.15, 0.2) is 0 Å². The molecule has 0 unspecified atom stereocenters. The molecule has 0 heterocycles. The number of anilines is 1. The zero-order valence-electron chi connectivity index (χ0n) is 12.2. The number of aliphatic carboxylic acids is 1. The predicted octanol–water partition coefficient (Wildman–Crippen LogP) is 3.03. The highest BCUT2D eigenvalue weighted by atomic mass is 32.2. The lowest BCUT2D eigenvalue weighted by Crippen LogP contribution is -2.13. The Bertz CT molecular complexity index is 858. The lowest BCUT2D eigenvalue weighted by Gasteiger charge is -2.09.